The van der Waals surface area contributed by atoms with Gasteiger partial charge in [-0.05, 0) is 30.7 Å². The molecule has 1 atom stereocenters. The maximum Gasteiger partial charge on any atom is 0.261 e. The van der Waals surface area contributed by atoms with Crippen LogP contribution < -0.4 is 10.6 Å². The first-order chi connectivity index (χ1) is 9.35. The Morgan fingerprint density at radius 2 is 2.10 bits per heavy atom. The number of methoxy groups -OCH3 is 1. The molecule has 1 aromatic rings. The largest absolute Gasteiger partial charge is 0.384 e. The predicted octanol–water partition coefficient (Wildman–Crippen LogP) is 1.93. The van der Waals surface area contributed by atoms with E-state index in [0.29, 0.717) is 5.69 Å². The minimum atomic E-state index is -1.06. The number of anilines is 2. The minimum Gasteiger partial charge on any atom is -0.384 e. The van der Waals surface area contributed by atoms with Crippen molar-refractivity contribution in [1.29, 1.82) is 0 Å². The van der Waals surface area contributed by atoms with Crippen molar-refractivity contribution in [3.8, 4) is 0 Å². The predicted molar refractivity (Wildman–Crippen MR) is 78.1 cm³/mol. The van der Waals surface area contributed by atoms with Crippen molar-refractivity contribution in [2.45, 2.75) is 32.3 Å². The van der Waals surface area contributed by atoms with Gasteiger partial charge in [0.05, 0.1) is 0 Å². The maximum atomic E-state index is 12.0. The molecule has 0 saturated heterocycles. The Balaban J connectivity index is 2.20. The summed E-state index contributed by atoms with van der Waals surface area (Å²) in [4.78, 5) is 23.3. The van der Waals surface area contributed by atoms with Crippen molar-refractivity contribution in [3.05, 3.63) is 23.8 Å². The number of nitrogens with one attached hydrogen (secondary N) is 2. The molecule has 1 aliphatic heterocycles. The Hall–Kier alpha value is -1.88. The monoisotopic (exact) mass is 276 g/mol. The Morgan fingerprint density at radius 1 is 1.40 bits per heavy atom. The number of ether oxygens (including phenoxy) is 1. The van der Waals surface area contributed by atoms with Crippen LogP contribution in [0.25, 0.3) is 0 Å². The minimum absolute atomic E-state index is 0.0251. The molecule has 1 aliphatic rings. The van der Waals surface area contributed by atoms with Gasteiger partial charge in [0.15, 0.2) is 11.9 Å². The quantitative estimate of drug-likeness (QED) is 0.825. The highest BCUT2D eigenvalue weighted by Crippen LogP contribution is 2.37. The first-order valence-electron chi connectivity index (χ1n) is 6.57. The fraction of sp³-hybridized carbons (Fsp3) is 0.467. The lowest BCUT2D eigenvalue weighted by Gasteiger charge is -2.18. The third kappa shape index (κ3) is 2.67. The average molecular weight is 276 g/mol. The number of Topliss-reactive ketones (excluding diaryl/α,β-unsaturated/α-hetero) is 1. The number of carbonyl (C=O) groups is 2. The number of rotatable bonds is 4. The second kappa shape index (κ2) is 5.25. The van der Waals surface area contributed by atoms with E-state index >= 15 is 0 Å². The van der Waals surface area contributed by atoms with Crippen LogP contribution in [0, 0.1) is 0 Å². The number of amides is 1. The van der Waals surface area contributed by atoms with Gasteiger partial charge in [-0.3, -0.25) is 9.59 Å². The first kappa shape index (κ1) is 14.5. The second-order valence-corrected chi connectivity index (χ2v) is 5.71. The molecule has 5 nitrogen and oxygen atoms in total. The fourth-order valence-electron chi connectivity index (χ4n) is 2.41. The molecule has 2 rings (SSSR count). The molecule has 0 fully saturated rings. The molecule has 0 aromatic heterocycles. The van der Waals surface area contributed by atoms with Crippen molar-refractivity contribution in [1.82, 2.24) is 0 Å². The van der Waals surface area contributed by atoms with Gasteiger partial charge in [0.1, 0.15) is 0 Å². The number of carbonyl (C=O) groups excluding carboxylic acids is 2. The van der Waals surface area contributed by atoms with Crippen LogP contribution in [-0.4, -0.2) is 31.4 Å². The van der Waals surface area contributed by atoms with Crippen LogP contribution in [0.2, 0.25) is 0 Å². The van der Waals surface area contributed by atoms with Crippen LogP contribution in [0.1, 0.15) is 26.3 Å². The highest BCUT2D eigenvalue weighted by Gasteiger charge is 2.30. The van der Waals surface area contributed by atoms with Crippen LogP contribution in [0.5, 0.6) is 0 Å². The molecule has 0 spiro atoms. The van der Waals surface area contributed by atoms with Crippen LogP contribution >= 0.6 is 0 Å². The smallest absolute Gasteiger partial charge is 0.261 e. The van der Waals surface area contributed by atoms with Gasteiger partial charge in [0.2, 0.25) is 0 Å². The van der Waals surface area contributed by atoms with Crippen molar-refractivity contribution >= 4 is 23.1 Å². The van der Waals surface area contributed by atoms with Gasteiger partial charge in [-0.2, -0.15) is 0 Å². The number of fused-ring (bicyclic) bond motifs is 1. The summed E-state index contributed by atoms with van der Waals surface area (Å²) in [6.45, 7) is 6.49. The molecule has 2 N–H and O–H groups in total. The van der Waals surface area contributed by atoms with Gasteiger partial charge >= 0.3 is 0 Å². The summed E-state index contributed by atoms with van der Waals surface area (Å²) >= 11 is 0. The van der Waals surface area contributed by atoms with Crippen LogP contribution in [-0.2, 0) is 19.7 Å². The maximum absolute atomic E-state index is 12.0. The van der Waals surface area contributed by atoms with E-state index in [4.69, 9.17) is 4.74 Å². The normalized spacial score (nSPS) is 17.0. The molecule has 20 heavy (non-hydrogen) atoms. The van der Waals surface area contributed by atoms with Crippen LogP contribution in [0.4, 0.5) is 11.4 Å². The Bertz CT molecular complexity index is 552. The van der Waals surface area contributed by atoms with E-state index in [9.17, 15) is 9.59 Å². The summed E-state index contributed by atoms with van der Waals surface area (Å²) in [6.07, 6.45) is -1.06. The second-order valence-electron chi connectivity index (χ2n) is 5.71. The van der Waals surface area contributed by atoms with E-state index in [1.54, 1.807) is 0 Å². The molecule has 5 heteroatoms. The van der Waals surface area contributed by atoms with Crippen molar-refractivity contribution < 1.29 is 14.3 Å². The van der Waals surface area contributed by atoms with Crippen molar-refractivity contribution in [2.75, 3.05) is 24.3 Å². The third-order valence-corrected chi connectivity index (χ3v) is 3.58. The summed E-state index contributed by atoms with van der Waals surface area (Å²) in [6, 6.07) is 5.70. The molecular formula is C15H20N2O3. The molecule has 1 aromatic carbocycles. The van der Waals surface area contributed by atoms with E-state index in [1.807, 2.05) is 18.2 Å². The summed E-state index contributed by atoms with van der Waals surface area (Å²) in [5.41, 5.74) is 2.95. The molecule has 0 bridgehead atoms. The van der Waals surface area contributed by atoms with E-state index in [0.717, 1.165) is 17.8 Å². The number of benzene rings is 1. The lowest BCUT2D eigenvalue weighted by molar-refractivity contribution is -0.137. The van der Waals surface area contributed by atoms with Gasteiger partial charge in [-0.15, -0.1) is 0 Å². The van der Waals surface area contributed by atoms with E-state index in [2.05, 4.69) is 24.5 Å². The van der Waals surface area contributed by atoms with E-state index in [-0.39, 0.29) is 11.2 Å². The van der Waals surface area contributed by atoms with Crippen LogP contribution in [0.15, 0.2) is 18.2 Å². The lowest BCUT2D eigenvalue weighted by atomic mass is 9.87. The van der Waals surface area contributed by atoms with Gasteiger partial charge in [0, 0.05) is 30.4 Å². The van der Waals surface area contributed by atoms with Crippen molar-refractivity contribution in [3.63, 3.8) is 0 Å². The topological polar surface area (TPSA) is 67.4 Å². The molecule has 1 heterocycles. The summed E-state index contributed by atoms with van der Waals surface area (Å²) in [5.74, 6) is -0.753. The van der Waals surface area contributed by atoms with Gasteiger partial charge < -0.3 is 15.4 Å². The Labute approximate surface area is 118 Å². The van der Waals surface area contributed by atoms with Crippen LogP contribution in [0.3, 0.4) is 0 Å². The molecule has 0 radical (unpaired) electrons. The molecule has 0 saturated carbocycles. The highest BCUT2D eigenvalue weighted by atomic mass is 16.5. The molecule has 1 amide bonds. The molecule has 0 aliphatic carbocycles. The summed E-state index contributed by atoms with van der Waals surface area (Å²) in [7, 11) is 1.35. The van der Waals surface area contributed by atoms with Gasteiger partial charge in [-0.25, -0.2) is 0 Å². The average Bonchev–Trinajstić information content (AvgIpc) is 2.66. The Kier molecular flexibility index (Phi) is 3.81. The number of hydrogen-bond acceptors (Lipinski definition) is 4. The molecule has 1 unspecified atom stereocenters. The molecule has 108 valence electrons. The number of hydrogen-bond donors (Lipinski definition) is 2. The first-order valence-corrected chi connectivity index (χ1v) is 6.57. The van der Waals surface area contributed by atoms with Crippen molar-refractivity contribution in [2.24, 2.45) is 0 Å². The van der Waals surface area contributed by atoms with Gasteiger partial charge in [-0.1, -0.05) is 13.8 Å². The number of ketones is 1. The summed E-state index contributed by atoms with van der Waals surface area (Å²) in [5, 5.41) is 6.06. The zero-order chi connectivity index (χ0) is 14.9. The zero-order valence-electron chi connectivity index (χ0n) is 12.2. The third-order valence-electron chi connectivity index (χ3n) is 3.58. The zero-order valence-corrected chi connectivity index (χ0v) is 12.2. The highest BCUT2D eigenvalue weighted by molar-refractivity contribution is 6.09. The molecular weight excluding hydrogens is 256 g/mol. The lowest BCUT2D eigenvalue weighted by Crippen LogP contribution is -2.35. The Morgan fingerprint density at radius 3 is 2.70 bits per heavy atom. The van der Waals surface area contributed by atoms with E-state index in [1.165, 1.54) is 14.0 Å². The van der Waals surface area contributed by atoms with Gasteiger partial charge in [0.25, 0.3) is 5.91 Å². The SMILES string of the molecule is COC(C(C)=O)C(=O)Nc1ccc2c(c1)C(C)(C)CN2. The summed E-state index contributed by atoms with van der Waals surface area (Å²) < 4.78 is 4.91. The van der Waals surface area contributed by atoms with E-state index < -0.39 is 12.0 Å². The fourth-order valence-corrected chi connectivity index (χ4v) is 2.41. The standard InChI is InChI=1S/C15H20N2O3/c1-9(18)13(20-4)14(19)17-10-5-6-12-11(7-10)15(2,3)8-16-12/h5-7,13,16H,8H2,1-4H3,(H,17,19).